The Kier molecular flexibility index (Phi) is 7.34. The number of hydrogen-bond donors (Lipinski definition) is 3. The Balaban J connectivity index is 1.26. The largest absolute Gasteiger partial charge is 0.493 e. The number of aromatic hydroxyl groups is 1. The minimum atomic E-state index is -1.00. The van der Waals surface area contributed by atoms with Gasteiger partial charge in [-0.05, 0) is 61.5 Å². The summed E-state index contributed by atoms with van der Waals surface area (Å²) in [6, 6.07) is 13.9. The molecule has 0 radical (unpaired) electrons. The van der Waals surface area contributed by atoms with Gasteiger partial charge in [0.05, 0.1) is 16.1 Å². The summed E-state index contributed by atoms with van der Waals surface area (Å²) >= 11 is 6.82. The van der Waals surface area contributed by atoms with Crippen LogP contribution < -0.4 is 5.32 Å². The number of carbonyl (C=O) groups is 2. The van der Waals surface area contributed by atoms with E-state index in [1.807, 2.05) is 30.3 Å². The molecule has 0 saturated heterocycles. The van der Waals surface area contributed by atoms with Crippen molar-refractivity contribution in [1.29, 1.82) is 0 Å². The minimum Gasteiger partial charge on any atom is -0.493 e. The van der Waals surface area contributed by atoms with E-state index in [2.05, 4.69) is 10.3 Å². The first kappa shape index (κ1) is 23.6. The van der Waals surface area contributed by atoms with Crippen LogP contribution in [0.2, 0.25) is 0 Å². The molecule has 174 valence electrons. The zero-order valence-corrected chi connectivity index (χ0v) is 19.9. The van der Waals surface area contributed by atoms with E-state index in [1.165, 1.54) is 23.5 Å². The lowest BCUT2D eigenvalue weighted by atomic mass is 10.1. The van der Waals surface area contributed by atoms with Crippen molar-refractivity contribution >= 4 is 64.7 Å². The van der Waals surface area contributed by atoms with Crippen molar-refractivity contribution in [2.75, 3.05) is 5.32 Å². The third-order valence-corrected chi connectivity index (χ3v) is 6.82. The molecule has 9 heteroatoms. The molecule has 1 aromatic heterocycles. The Hall–Kier alpha value is -3.56. The van der Waals surface area contributed by atoms with Gasteiger partial charge in [0.2, 0.25) is 11.8 Å². The number of rotatable bonds is 9. The van der Waals surface area contributed by atoms with Gasteiger partial charge in [-0.3, -0.25) is 14.4 Å². The lowest BCUT2D eigenvalue weighted by molar-refractivity contribution is -0.116. The highest BCUT2D eigenvalue weighted by molar-refractivity contribution is 7.73. The Morgan fingerprint density at radius 2 is 1.85 bits per heavy atom. The molecule has 1 aliphatic rings. The van der Waals surface area contributed by atoms with Crippen LogP contribution in [0.15, 0.2) is 53.5 Å². The average molecular weight is 494 g/mol. The molecule has 3 N–H and O–H groups in total. The first-order valence-electron chi connectivity index (χ1n) is 10.8. The Morgan fingerprint density at radius 3 is 2.62 bits per heavy atom. The maximum atomic E-state index is 12.1. The third-order valence-electron chi connectivity index (χ3n) is 5.44. The SMILES string of the molecule is O=C(CCCCCn1c(O)c(/C=C2/C=Nc3ccccc32)sc1=S)Nc1ccc(C(=O)O)cc1. The summed E-state index contributed by atoms with van der Waals surface area (Å²) in [7, 11) is 0. The van der Waals surface area contributed by atoms with Crippen LogP contribution in [0.5, 0.6) is 5.88 Å². The summed E-state index contributed by atoms with van der Waals surface area (Å²) in [5.41, 5.74) is 3.63. The van der Waals surface area contributed by atoms with Crippen LogP contribution in [0.1, 0.15) is 46.5 Å². The molecule has 4 rings (SSSR count). The van der Waals surface area contributed by atoms with Gasteiger partial charge < -0.3 is 15.5 Å². The number of hydrogen-bond acceptors (Lipinski definition) is 6. The highest BCUT2D eigenvalue weighted by Gasteiger charge is 2.15. The highest BCUT2D eigenvalue weighted by atomic mass is 32.1. The van der Waals surface area contributed by atoms with E-state index in [9.17, 15) is 14.7 Å². The second-order valence-electron chi connectivity index (χ2n) is 7.82. The van der Waals surface area contributed by atoms with E-state index < -0.39 is 5.97 Å². The van der Waals surface area contributed by atoms with Crippen molar-refractivity contribution in [2.45, 2.75) is 32.2 Å². The number of nitrogens with zero attached hydrogens (tertiary/aromatic N) is 2. The van der Waals surface area contributed by atoms with Crippen LogP contribution in [0.25, 0.3) is 11.6 Å². The molecule has 0 saturated carbocycles. The molecule has 7 nitrogen and oxygen atoms in total. The van der Waals surface area contributed by atoms with Crippen molar-refractivity contribution < 1.29 is 19.8 Å². The van der Waals surface area contributed by atoms with E-state index in [4.69, 9.17) is 17.3 Å². The summed E-state index contributed by atoms with van der Waals surface area (Å²) < 4.78 is 2.34. The maximum Gasteiger partial charge on any atom is 0.335 e. The molecular weight excluding hydrogens is 470 g/mol. The fraction of sp³-hybridized carbons (Fsp3) is 0.200. The first-order valence-corrected chi connectivity index (χ1v) is 12.1. The third kappa shape index (κ3) is 5.49. The standard InChI is InChI=1S/C25H23N3O4S2/c29-22(27-18-11-9-16(10-12-18)24(31)32)8-2-1-5-13-28-23(30)21(34-25(28)33)14-17-15-26-20-7-4-3-6-19(17)20/h3-4,6-7,9-12,14-15,30H,1-2,5,8,13H2,(H,27,29)(H,31,32)/b17-14-. The Labute approximate surface area is 205 Å². The molecule has 2 aromatic carbocycles. The van der Waals surface area contributed by atoms with Gasteiger partial charge in [-0.25, -0.2) is 4.79 Å². The van der Waals surface area contributed by atoms with Crippen molar-refractivity contribution in [3.63, 3.8) is 0 Å². The normalized spacial score (nSPS) is 13.2. The van der Waals surface area contributed by atoms with Crippen LogP contribution in [0.4, 0.5) is 11.4 Å². The molecule has 34 heavy (non-hydrogen) atoms. The summed E-state index contributed by atoms with van der Waals surface area (Å²) in [6.45, 7) is 0.577. The van der Waals surface area contributed by atoms with Gasteiger partial charge in [-0.2, -0.15) is 0 Å². The molecule has 0 bridgehead atoms. The van der Waals surface area contributed by atoms with Crippen LogP contribution >= 0.6 is 23.6 Å². The second kappa shape index (κ2) is 10.6. The lowest BCUT2D eigenvalue weighted by Crippen LogP contribution is -2.11. The number of thiazole rings is 1. The van der Waals surface area contributed by atoms with Gasteiger partial charge in [-0.15, -0.1) is 11.3 Å². The van der Waals surface area contributed by atoms with Gasteiger partial charge in [0, 0.05) is 36.0 Å². The van der Waals surface area contributed by atoms with Gasteiger partial charge in [0.15, 0.2) is 3.95 Å². The number of amides is 1. The molecule has 0 atom stereocenters. The van der Waals surface area contributed by atoms with Gasteiger partial charge in [0.25, 0.3) is 0 Å². The minimum absolute atomic E-state index is 0.120. The number of anilines is 1. The Bertz CT molecular complexity index is 1340. The number of nitrogens with one attached hydrogen (secondary N) is 1. The zero-order chi connectivity index (χ0) is 24.1. The zero-order valence-electron chi connectivity index (χ0n) is 18.2. The lowest BCUT2D eigenvalue weighted by Gasteiger charge is -2.07. The monoisotopic (exact) mass is 493 g/mol. The maximum absolute atomic E-state index is 12.1. The molecule has 2 heterocycles. The smallest absolute Gasteiger partial charge is 0.335 e. The predicted molar refractivity (Wildman–Crippen MR) is 138 cm³/mol. The summed E-state index contributed by atoms with van der Waals surface area (Å²) in [5, 5.41) is 22.4. The fourth-order valence-electron chi connectivity index (χ4n) is 3.65. The number of unbranched alkanes of at least 4 members (excludes halogenated alkanes) is 2. The van der Waals surface area contributed by atoms with Crippen LogP contribution in [-0.2, 0) is 11.3 Å². The number of fused-ring (bicyclic) bond motifs is 1. The molecule has 0 unspecified atom stereocenters. The number of benzene rings is 2. The first-order chi connectivity index (χ1) is 16.4. The van der Waals surface area contributed by atoms with E-state index in [-0.39, 0.29) is 17.4 Å². The predicted octanol–water partition coefficient (Wildman–Crippen LogP) is 6.14. The number of aromatic nitrogens is 1. The fourth-order valence-corrected chi connectivity index (χ4v) is 4.96. The summed E-state index contributed by atoms with van der Waals surface area (Å²) in [5.74, 6) is -0.968. The number of carbonyl (C=O) groups excluding carboxylic acids is 1. The quantitative estimate of drug-likeness (QED) is 0.245. The Morgan fingerprint density at radius 1 is 1.09 bits per heavy atom. The molecule has 1 amide bonds. The number of para-hydroxylation sites is 1. The number of carboxylic acids is 1. The van der Waals surface area contributed by atoms with E-state index in [1.54, 1.807) is 22.9 Å². The van der Waals surface area contributed by atoms with Crippen LogP contribution in [0, 0.1) is 3.95 Å². The van der Waals surface area contributed by atoms with Gasteiger partial charge >= 0.3 is 5.97 Å². The van der Waals surface area contributed by atoms with E-state index in [0.29, 0.717) is 33.9 Å². The van der Waals surface area contributed by atoms with Crippen molar-refractivity contribution in [3.05, 3.63) is 68.5 Å². The molecule has 1 aliphatic heterocycles. The van der Waals surface area contributed by atoms with Crippen LogP contribution in [0.3, 0.4) is 0 Å². The van der Waals surface area contributed by atoms with E-state index in [0.717, 1.165) is 29.7 Å². The van der Waals surface area contributed by atoms with Crippen LogP contribution in [-0.4, -0.2) is 32.9 Å². The number of allylic oxidation sites excluding steroid dienone is 1. The highest BCUT2D eigenvalue weighted by Crippen LogP contribution is 2.35. The van der Waals surface area contributed by atoms with Crippen molar-refractivity contribution in [1.82, 2.24) is 4.57 Å². The average Bonchev–Trinajstić information content (AvgIpc) is 3.35. The topological polar surface area (TPSA) is 104 Å². The number of carboxylic acid groups (broad SMARTS) is 1. The summed E-state index contributed by atoms with van der Waals surface area (Å²) in [6.07, 6.45) is 6.34. The molecule has 0 spiro atoms. The number of aromatic carboxylic acids is 1. The second-order valence-corrected chi connectivity index (χ2v) is 9.50. The molecule has 0 aliphatic carbocycles. The van der Waals surface area contributed by atoms with E-state index >= 15 is 0 Å². The summed E-state index contributed by atoms with van der Waals surface area (Å²) in [4.78, 5) is 28.1. The molecular formula is C25H23N3O4S2. The molecule has 3 aromatic rings. The molecule has 0 fully saturated rings. The van der Waals surface area contributed by atoms with Crippen molar-refractivity contribution in [2.24, 2.45) is 4.99 Å². The number of aliphatic imine (C=N–C) groups is 1. The van der Waals surface area contributed by atoms with Crippen molar-refractivity contribution in [3.8, 4) is 5.88 Å². The van der Waals surface area contributed by atoms with Gasteiger partial charge in [-0.1, -0.05) is 24.6 Å². The van der Waals surface area contributed by atoms with Gasteiger partial charge in [0.1, 0.15) is 0 Å².